The highest BCUT2D eigenvalue weighted by Gasteiger charge is 2.35. The molecule has 0 fully saturated rings. The zero-order valence-electron chi connectivity index (χ0n) is 12.6. The number of carbonyl (C=O) groups is 3. The van der Waals surface area contributed by atoms with E-state index in [2.05, 4.69) is 0 Å². The first-order valence-electron chi connectivity index (χ1n) is 7.21. The van der Waals surface area contributed by atoms with Crippen LogP contribution in [0.1, 0.15) is 44.9 Å². The Morgan fingerprint density at radius 1 is 1.04 bits per heavy atom. The molecule has 118 valence electrons. The number of hydrogen-bond acceptors (Lipinski definition) is 4. The Bertz CT molecular complexity index is 942. The van der Waals surface area contributed by atoms with Gasteiger partial charge >= 0.3 is 5.97 Å². The summed E-state index contributed by atoms with van der Waals surface area (Å²) in [6.07, 6.45) is 1.26. The maximum atomic E-state index is 12.4. The summed E-state index contributed by atoms with van der Waals surface area (Å²) in [6.45, 7) is 4.15. The second kappa shape index (κ2) is 5.05. The lowest BCUT2D eigenvalue weighted by Gasteiger charge is -2.10. The van der Waals surface area contributed by atoms with Crippen molar-refractivity contribution in [2.75, 3.05) is 6.54 Å². The van der Waals surface area contributed by atoms with E-state index in [4.69, 9.17) is 0 Å². The van der Waals surface area contributed by atoms with Gasteiger partial charge in [-0.1, -0.05) is 0 Å². The Morgan fingerprint density at radius 2 is 1.65 bits per heavy atom. The van der Waals surface area contributed by atoms with E-state index >= 15 is 0 Å². The van der Waals surface area contributed by atoms with Crippen LogP contribution in [0.5, 0.6) is 0 Å². The van der Waals surface area contributed by atoms with E-state index in [9.17, 15) is 24.3 Å². The number of benzene rings is 1. The van der Waals surface area contributed by atoms with Crippen molar-refractivity contribution in [1.82, 2.24) is 9.47 Å². The minimum absolute atomic E-state index is 0.129. The number of aromatic carboxylic acids is 1. The number of nitrogens with zero attached hydrogens (tertiary/aromatic N) is 2. The molecule has 3 rings (SSSR count). The standard InChI is InChI=1S/C16H14N2O5/c1-3-17-7-11(16(22)23)13(19)10-5-8-9(6-12(10)17)15(21)18(4-2)14(8)20/h5-7H,3-4H2,1-2H3,(H,22,23). The SMILES string of the molecule is CCN1C(=O)c2cc3c(=O)c(C(=O)O)cn(CC)c3cc2C1=O. The van der Waals surface area contributed by atoms with Gasteiger partial charge in [-0.3, -0.25) is 19.3 Å². The first-order valence-corrected chi connectivity index (χ1v) is 7.21. The lowest BCUT2D eigenvalue weighted by Crippen LogP contribution is -2.29. The first-order chi connectivity index (χ1) is 10.9. The number of hydrogen-bond donors (Lipinski definition) is 1. The van der Waals surface area contributed by atoms with Crippen LogP contribution in [0.2, 0.25) is 0 Å². The van der Waals surface area contributed by atoms with Gasteiger partial charge in [0.2, 0.25) is 5.43 Å². The van der Waals surface area contributed by atoms with Crippen molar-refractivity contribution in [3.8, 4) is 0 Å². The van der Waals surface area contributed by atoms with Crippen molar-refractivity contribution in [2.24, 2.45) is 0 Å². The average Bonchev–Trinajstić information content (AvgIpc) is 2.76. The molecule has 1 N–H and O–H groups in total. The zero-order valence-corrected chi connectivity index (χ0v) is 12.6. The number of carboxylic acid groups (broad SMARTS) is 1. The summed E-state index contributed by atoms with van der Waals surface area (Å²) < 4.78 is 1.59. The topological polar surface area (TPSA) is 96.7 Å². The molecule has 0 unspecified atom stereocenters. The van der Waals surface area contributed by atoms with Crippen LogP contribution in [0, 0.1) is 0 Å². The maximum absolute atomic E-state index is 12.4. The van der Waals surface area contributed by atoms with Crippen molar-refractivity contribution in [3.63, 3.8) is 0 Å². The lowest BCUT2D eigenvalue weighted by atomic mass is 10.0. The summed E-state index contributed by atoms with van der Waals surface area (Å²) in [4.78, 5) is 49.2. The summed E-state index contributed by atoms with van der Waals surface area (Å²) in [6, 6.07) is 2.83. The van der Waals surface area contributed by atoms with E-state index in [0.29, 0.717) is 12.1 Å². The van der Waals surface area contributed by atoms with Gasteiger partial charge in [0.25, 0.3) is 11.8 Å². The highest BCUT2D eigenvalue weighted by Crippen LogP contribution is 2.27. The molecule has 2 aromatic rings. The number of aryl methyl sites for hydroxylation is 1. The molecule has 1 aliphatic heterocycles. The number of rotatable bonds is 3. The van der Waals surface area contributed by atoms with Gasteiger partial charge in [0, 0.05) is 24.7 Å². The first kappa shape index (κ1) is 15.0. The Morgan fingerprint density at radius 3 is 2.17 bits per heavy atom. The van der Waals surface area contributed by atoms with E-state index in [0.717, 1.165) is 4.90 Å². The molecule has 2 heterocycles. The molecule has 7 nitrogen and oxygen atoms in total. The van der Waals surface area contributed by atoms with E-state index < -0.39 is 23.2 Å². The minimum Gasteiger partial charge on any atom is -0.477 e. The number of imide groups is 1. The molecule has 0 radical (unpaired) electrons. The summed E-state index contributed by atoms with van der Waals surface area (Å²) in [5.74, 6) is -2.18. The smallest absolute Gasteiger partial charge is 0.341 e. The van der Waals surface area contributed by atoms with Crippen LogP contribution in [0.15, 0.2) is 23.1 Å². The Kier molecular flexibility index (Phi) is 3.28. The Hall–Kier alpha value is -2.96. The molecule has 1 aromatic carbocycles. The van der Waals surface area contributed by atoms with Crippen molar-refractivity contribution in [1.29, 1.82) is 0 Å². The van der Waals surface area contributed by atoms with E-state index in [1.807, 2.05) is 0 Å². The fourth-order valence-electron chi connectivity index (χ4n) is 2.87. The molecule has 0 saturated carbocycles. The fraction of sp³-hybridized carbons (Fsp3) is 0.250. The van der Waals surface area contributed by atoms with Crippen molar-refractivity contribution in [3.05, 3.63) is 45.2 Å². The zero-order chi connectivity index (χ0) is 16.9. The quantitative estimate of drug-likeness (QED) is 0.862. The number of amides is 2. The van der Waals surface area contributed by atoms with Gasteiger partial charge in [0.05, 0.1) is 16.6 Å². The van der Waals surface area contributed by atoms with E-state index in [1.165, 1.54) is 18.3 Å². The van der Waals surface area contributed by atoms with E-state index in [1.54, 1.807) is 18.4 Å². The van der Waals surface area contributed by atoms with Crippen molar-refractivity contribution in [2.45, 2.75) is 20.4 Å². The normalized spacial score (nSPS) is 13.7. The largest absolute Gasteiger partial charge is 0.477 e. The van der Waals surface area contributed by atoms with Gasteiger partial charge in [-0.15, -0.1) is 0 Å². The van der Waals surface area contributed by atoms with Crippen molar-refractivity contribution >= 4 is 28.7 Å². The number of carboxylic acids is 1. The van der Waals surface area contributed by atoms with Crippen molar-refractivity contribution < 1.29 is 19.5 Å². The molecule has 2 amide bonds. The molecule has 23 heavy (non-hydrogen) atoms. The highest BCUT2D eigenvalue weighted by molar-refractivity contribution is 6.23. The summed E-state index contributed by atoms with van der Waals surface area (Å²) in [5, 5.41) is 9.30. The maximum Gasteiger partial charge on any atom is 0.341 e. The third-order valence-electron chi connectivity index (χ3n) is 4.06. The third-order valence-corrected chi connectivity index (χ3v) is 4.06. The summed E-state index contributed by atoms with van der Waals surface area (Å²) in [5.41, 5.74) is -0.181. The third kappa shape index (κ3) is 1.97. The predicted molar refractivity (Wildman–Crippen MR) is 81.9 cm³/mol. The molecule has 7 heteroatoms. The molecule has 0 spiro atoms. The van der Waals surface area contributed by atoms with Gasteiger partial charge in [0.15, 0.2) is 0 Å². The molecule has 1 aromatic heterocycles. The van der Waals surface area contributed by atoms with Crippen LogP contribution in [-0.4, -0.2) is 38.9 Å². The molecule has 0 atom stereocenters. The monoisotopic (exact) mass is 314 g/mol. The van der Waals surface area contributed by atoms with Crippen LogP contribution in [0.4, 0.5) is 0 Å². The Balaban J connectivity index is 2.42. The number of pyridine rings is 1. The average molecular weight is 314 g/mol. The molecule has 0 saturated heterocycles. The van der Waals surface area contributed by atoms with Gasteiger partial charge in [-0.25, -0.2) is 4.79 Å². The molecular formula is C16H14N2O5. The molecule has 0 bridgehead atoms. The fourth-order valence-corrected chi connectivity index (χ4v) is 2.87. The van der Waals surface area contributed by atoms with Gasteiger partial charge < -0.3 is 9.67 Å². The van der Waals surface area contributed by atoms with Gasteiger partial charge in [0.1, 0.15) is 5.56 Å². The molecular weight excluding hydrogens is 300 g/mol. The molecule has 0 aliphatic carbocycles. The van der Waals surface area contributed by atoms with Crippen LogP contribution >= 0.6 is 0 Å². The highest BCUT2D eigenvalue weighted by atomic mass is 16.4. The van der Waals surface area contributed by atoms with E-state index in [-0.39, 0.29) is 28.6 Å². The number of fused-ring (bicyclic) bond motifs is 2. The number of aromatic nitrogens is 1. The lowest BCUT2D eigenvalue weighted by molar-refractivity contribution is 0.0658. The van der Waals surface area contributed by atoms with Crippen LogP contribution in [0.25, 0.3) is 10.9 Å². The van der Waals surface area contributed by atoms with Crippen LogP contribution < -0.4 is 5.43 Å². The van der Waals surface area contributed by atoms with Crippen LogP contribution in [-0.2, 0) is 6.54 Å². The predicted octanol–water partition coefficient (Wildman–Crippen LogP) is 1.34. The number of carbonyl (C=O) groups excluding carboxylic acids is 2. The molecule has 1 aliphatic rings. The Labute approximate surface area is 130 Å². The minimum atomic E-state index is -1.32. The van der Waals surface area contributed by atoms with Gasteiger partial charge in [-0.05, 0) is 26.0 Å². The second-order valence-corrected chi connectivity index (χ2v) is 5.23. The summed E-state index contributed by atoms with van der Waals surface area (Å²) in [7, 11) is 0. The van der Waals surface area contributed by atoms with Crippen LogP contribution in [0.3, 0.4) is 0 Å². The second-order valence-electron chi connectivity index (χ2n) is 5.23. The summed E-state index contributed by atoms with van der Waals surface area (Å²) >= 11 is 0. The van der Waals surface area contributed by atoms with Gasteiger partial charge in [-0.2, -0.15) is 0 Å².